The van der Waals surface area contributed by atoms with Crippen molar-refractivity contribution in [2.45, 2.75) is 13.8 Å². The van der Waals surface area contributed by atoms with Gasteiger partial charge in [0.1, 0.15) is 17.5 Å². The minimum absolute atomic E-state index is 0.142. The molecule has 0 saturated heterocycles. The molecule has 0 heterocycles. The second-order valence-corrected chi connectivity index (χ2v) is 2.74. The summed E-state index contributed by atoms with van der Waals surface area (Å²) >= 11 is 0. The van der Waals surface area contributed by atoms with E-state index in [0.717, 1.165) is 0 Å². The zero-order chi connectivity index (χ0) is 9.30. The number of rotatable bonds is 1. The van der Waals surface area contributed by atoms with Crippen LogP contribution in [-0.4, -0.2) is 0 Å². The van der Waals surface area contributed by atoms with Crippen molar-refractivity contribution in [3.63, 3.8) is 0 Å². The molecule has 0 fully saturated rings. The highest BCUT2D eigenvalue weighted by Gasteiger charge is 2.14. The van der Waals surface area contributed by atoms with E-state index in [9.17, 15) is 13.2 Å². The van der Waals surface area contributed by atoms with E-state index < -0.39 is 17.5 Å². The minimum Gasteiger partial charge on any atom is -0.207 e. The van der Waals surface area contributed by atoms with Crippen LogP contribution in [-0.2, 0) is 0 Å². The van der Waals surface area contributed by atoms with Gasteiger partial charge in [-0.2, -0.15) is 0 Å². The van der Waals surface area contributed by atoms with Crippen molar-refractivity contribution in [1.29, 1.82) is 0 Å². The summed E-state index contributed by atoms with van der Waals surface area (Å²) in [6, 6.07) is 1.34. The van der Waals surface area contributed by atoms with E-state index in [-0.39, 0.29) is 5.56 Å². The fraction of sp³-hybridized carbons (Fsp3) is 0.222. The van der Waals surface area contributed by atoms with Gasteiger partial charge in [-0.05, 0) is 0 Å². The van der Waals surface area contributed by atoms with Crippen LogP contribution in [0.3, 0.4) is 0 Å². The van der Waals surface area contributed by atoms with Crippen molar-refractivity contribution in [3.05, 3.63) is 41.1 Å². The van der Waals surface area contributed by atoms with E-state index in [0.29, 0.717) is 18.1 Å². The van der Waals surface area contributed by atoms with Crippen LogP contribution in [0.2, 0.25) is 0 Å². The first-order valence-electron chi connectivity index (χ1n) is 3.47. The van der Waals surface area contributed by atoms with Gasteiger partial charge >= 0.3 is 0 Å². The Balaban J connectivity index is 3.28. The normalized spacial score (nSPS) is 10.8. The zero-order valence-electron chi connectivity index (χ0n) is 6.79. The highest BCUT2D eigenvalue weighted by Crippen LogP contribution is 2.21. The molecule has 1 aromatic carbocycles. The summed E-state index contributed by atoms with van der Waals surface area (Å²) in [4.78, 5) is 0. The lowest BCUT2D eigenvalue weighted by atomic mass is 10.0. The highest BCUT2D eigenvalue weighted by atomic mass is 19.1. The maximum absolute atomic E-state index is 12.9. The summed E-state index contributed by atoms with van der Waals surface area (Å²) < 4.78 is 38.1. The second-order valence-electron chi connectivity index (χ2n) is 2.74. The molecule has 1 rings (SSSR count). The Bertz CT molecular complexity index is 269. The third-order valence-electron chi connectivity index (χ3n) is 1.51. The Labute approximate surface area is 69.0 Å². The van der Waals surface area contributed by atoms with Crippen LogP contribution < -0.4 is 0 Å². The number of hydrogen-bond donors (Lipinski definition) is 0. The molecule has 12 heavy (non-hydrogen) atoms. The third-order valence-corrected chi connectivity index (χ3v) is 1.51. The predicted molar refractivity (Wildman–Crippen MR) is 40.0 cm³/mol. The first kappa shape index (κ1) is 9.10. The van der Waals surface area contributed by atoms with Crippen LogP contribution >= 0.6 is 0 Å². The highest BCUT2D eigenvalue weighted by molar-refractivity contribution is 5.31. The minimum atomic E-state index is -0.894. The van der Waals surface area contributed by atoms with Gasteiger partial charge in [0.2, 0.25) is 0 Å². The first-order valence-corrected chi connectivity index (χ1v) is 3.47. The van der Waals surface area contributed by atoms with E-state index >= 15 is 0 Å². The topological polar surface area (TPSA) is 0 Å². The lowest BCUT2D eigenvalue weighted by molar-refractivity contribution is 0.530. The molecule has 0 saturated carbocycles. The van der Waals surface area contributed by atoms with Gasteiger partial charge in [-0.1, -0.05) is 13.8 Å². The molecule has 0 aliphatic rings. The van der Waals surface area contributed by atoms with Crippen molar-refractivity contribution in [2.24, 2.45) is 0 Å². The maximum atomic E-state index is 12.9. The number of hydrogen-bond acceptors (Lipinski definition) is 0. The first-order chi connectivity index (χ1) is 5.52. The van der Waals surface area contributed by atoms with Crippen LogP contribution in [0.1, 0.15) is 19.4 Å². The van der Waals surface area contributed by atoms with E-state index in [1.54, 1.807) is 13.8 Å². The van der Waals surface area contributed by atoms with Gasteiger partial charge in [-0.25, -0.2) is 13.2 Å². The van der Waals surface area contributed by atoms with Crippen molar-refractivity contribution in [2.75, 3.05) is 0 Å². The fourth-order valence-corrected chi connectivity index (χ4v) is 1.02. The molecule has 0 unspecified atom stereocenters. The number of benzene rings is 1. The molecule has 0 aliphatic carbocycles. The summed E-state index contributed by atoms with van der Waals surface area (Å²) in [6.45, 7) is 3.14. The molecule has 0 aliphatic heterocycles. The lowest BCUT2D eigenvalue weighted by Crippen LogP contribution is -1.99. The van der Waals surface area contributed by atoms with E-state index in [1.165, 1.54) is 0 Å². The Morgan fingerprint density at radius 1 is 1.00 bits per heavy atom. The molecule has 1 aromatic rings. The van der Waals surface area contributed by atoms with Crippen LogP contribution in [0.5, 0.6) is 0 Å². The average Bonchev–Trinajstić information content (AvgIpc) is 1.82. The average molecular weight is 173 g/mol. The standard InChI is InChI=1S/C9H8F3/c1-5(2)9-7(11)3-6(10)4-8(9)12/h3-4H,1-2H3. The van der Waals surface area contributed by atoms with Gasteiger partial charge in [0.15, 0.2) is 0 Å². The molecule has 0 spiro atoms. The summed E-state index contributed by atoms with van der Waals surface area (Å²) in [7, 11) is 0. The van der Waals surface area contributed by atoms with Crippen molar-refractivity contribution in [1.82, 2.24) is 0 Å². The van der Waals surface area contributed by atoms with Gasteiger partial charge in [0.25, 0.3) is 0 Å². The molecule has 1 radical (unpaired) electrons. The molecule has 0 atom stereocenters. The van der Waals surface area contributed by atoms with Crippen molar-refractivity contribution < 1.29 is 13.2 Å². The van der Waals surface area contributed by atoms with Gasteiger partial charge in [0, 0.05) is 23.6 Å². The Morgan fingerprint density at radius 2 is 1.42 bits per heavy atom. The number of halogens is 3. The Morgan fingerprint density at radius 3 is 1.75 bits per heavy atom. The smallest absolute Gasteiger partial charge is 0.132 e. The Hall–Kier alpha value is -0.990. The summed E-state index contributed by atoms with van der Waals surface area (Å²) in [5.74, 6) is -2.11. The van der Waals surface area contributed by atoms with Gasteiger partial charge in [-0.15, -0.1) is 0 Å². The van der Waals surface area contributed by atoms with E-state index in [1.807, 2.05) is 0 Å². The summed E-state index contributed by atoms with van der Waals surface area (Å²) in [5.41, 5.74) is -0.142. The monoisotopic (exact) mass is 173 g/mol. The molecule has 0 bridgehead atoms. The molecular weight excluding hydrogens is 165 g/mol. The van der Waals surface area contributed by atoms with Crippen LogP contribution in [0.25, 0.3) is 0 Å². The van der Waals surface area contributed by atoms with E-state index in [2.05, 4.69) is 0 Å². The van der Waals surface area contributed by atoms with Gasteiger partial charge in [0.05, 0.1) is 0 Å². The van der Waals surface area contributed by atoms with Crippen molar-refractivity contribution in [3.8, 4) is 0 Å². The summed E-state index contributed by atoms with van der Waals surface area (Å²) in [5, 5.41) is 0. The van der Waals surface area contributed by atoms with Crippen molar-refractivity contribution >= 4 is 0 Å². The predicted octanol–water partition coefficient (Wildman–Crippen LogP) is 3.07. The second kappa shape index (κ2) is 3.17. The van der Waals surface area contributed by atoms with Crippen LogP contribution in [0.4, 0.5) is 13.2 Å². The maximum Gasteiger partial charge on any atom is 0.132 e. The van der Waals surface area contributed by atoms with Gasteiger partial charge < -0.3 is 0 Å². The Kier molecular flexibility index (Phi) is 2.40. The molecule has 0 N–H and O–H groups in total. The summed E-state index contributed by atoms with van der Waals surface area (Å²) in [6.07, 6.45) is 0. The zero-order valence-corrected chi connectivity index (χ0v) is 6.79. The largest absolute Gasteiger partial charge is 0.207 e. The molecule has 0 nitrogen and oxygen atoms in total. The quantitative estimate of drug-likeness (QED) is 0.612. The molecule has 65 valence electrons. The van der Waals surface area contributed by atoms with E-state index in [4.69, 9.17) is 0 Å². The SMILES string of the molecule is C[C](C)c1c(F)cc(F)cc1F. The van der Waals surface area contributed by atoms with Crippen LogP contribution in [0.15, 0.2) is 12.1 Å². The molecule has 3 heteroatoms. The molecular formula is C9H8F3. The fourth-order valence-electron chi connectivity index (χ4n) is 1.02. The third kappa shape index (κ3) is 1.60. The molecule has 0 amide bonds. The van der Waals surface area contributed by atoms with Crippen LogP contribution in [0, 0.1) is 23.4 Å². The lowest BCUT2D eigenvalue weighted by Gasteiger charge is -2.07. The molecule has 0 aromatic heterocycles. The van der Waals surface area contributed by atoms with Gasteiger partial charge in [-0.3, -0.25) is 0 Å².